The molecule has 2 rings (SSSR count). The van der Waals surface area contributed by atoms with Gasteiger partial charge in [0.2, 0.25) is 0 Å². The minimum absolute atomic E-state index is 0.272. The van der Waals surface area contributed by atoms with Crippen molar-refractivity contribution in [2.24, 2.45) is 7.05 Å². The molecule has 2 aromatic rings. The molecule has 0 saturated carbocycles. The summed E-state index contributed by atoms with van der Waals surface area (Å²) in [5.41, 5.74) is 0.931. The molecule has 1 aromatic carbocycles. The molecule has 0 radical (unpaired) electrons. The van der Waals surface area contributed by atoms with E-state index < -0.39 is 0 Å². The van der Waals surface area contributed by atoms with Crippen molar-refractivity contribution in [2.45, 2.75) is 6.92 Å². The number of carbonyl (C=O) groups excluding carboxylic acids is 1. The lowest BCUT2D eigenvalue weighted by molar-refractivity contribution is 0.0946. The molecule has 1 heterocycles. The van der Waals surface area contributed by atoms with E-state index >= 15 is 0 Å². The summed E-state index contributed by atoms with van der Waals surface area (Å²) >= 11 is 6.01. The molecule has 0 bridgehead atoms. The summed E-state index contributed by atoms with van der Waals surface area (Å²) in [5, 5.41) is 7.07. The third kappa shape index (κ3) is 3.72. The smallest absolute Gasteiger partial charge is 0.256 e. The van der Waals surface area contributed by atoms with Crippen LogP contribution in [0.4, 0.5) is 4.39 Å². The Kier molecular flexibility index (Phi) is 4.80. The lowest BCUT2D eigenvalue weighted by Crippen LogP contribution is -2.28. The zero-order valence-corrected chi connectivity index (χ0v) is 12.4. The van der Waals surface area contributed by atoms with Crippen LogP contribution in [0.15, 0.2) is 24.3 Å². The van der Waals surface area contributed by atoms with Gasteiger partial charge in [-0.1, -0.05) is 11.6 Å². The molecule has 5 nitrogen and oxygen atoms in total. The van der Waals surface area contributed by atoms with E-state index in [0.717, 1.165) is 0 Å². The quantitative estimate of drug-likeness (QED) is 0.862. The number of benzene rings is 1. The van der Waals surface area contributed by atoms with E-state index in [1.54, 1.807) is 14.0 Å². The zero-order valence-electron chi connectivity index (χ0n) is 11.7. The number of carbonyl (C=O) groups is 1. The fraction of sp³-hybridized carbons (Fsp3) is 0.286. The highest BCUT2D eigenvalue weighted by atomic mass is 35.5. The monoisotopic (exact) mass is 311 g/mol. The van der Waals surface area contributed by atoms with Gasteiger partial charge in [-0.15, -0.1) is 0 Å². The molecule has 0 atom stereocenters. The molecule has 0 unspecified atom stereocenters. The van der Waals surface area contributed by atoms with Crippen LogP contribution in [0.3, 0.4) is 0 Å². The predicted molar refractivity (Wildman–Crippen MR) is 77.2 cm³/mol. The fourth-order valence-electron chi connectivity index (χ4n) is 1.84. The Hall–Kier alpha value is -2.08. The topological polar surface area (TPSA) is 56.2 Å². The number of hydrogen-bond acceptors (Lipinski definition) is 3. The van der Waals surface area contributed by atoms with Gasteiger partial charge >= 0.3 is 0 Å². The number of ether oxygens (including phenoxy) is 1. The van der Waals surface area contributed by atoms with Gasteiger partial charge in [-0.2, -0.15) is 5.10 Å². The first-order chi connectivity index (χ1) is 9.99. The zero-order chi connectivity index (χ0) is 15.4. The summed E-state index contributed by atoms with van der Waals surface area (Å²) in [7, 11) is 1.67. The van der Waals surface area contributed by atoms with Crippen molar-refractivity contribution in [2.75, 3.05) is 13.2 Å². The fourth-order valence-corrected chi connectivity index (χ4v) is 2.10. The van der Waals surface area contributed by atoms with Gasteiger partial charge in [0, 0.05) is 7.05 Å². The Morgan fingerprint density at radius 1 is 1.43 bits per heavy atom. The van der Waals surface area contributed by atoms with E-state index in [9.17, 15) is 9.18 Å². The third-order valence-electron chi connectivity index (χ3n) is 2.85. The van der Waals surface area contributed by atoms with E-state index in [-0.39, 0.29) is 18.3 Å². The molecular formula is C14H15ClFN3O2. The van der Waals surface area contributed by atoms with Crippen LogP contribution in [-0.4, -0.2) is 28.8 Å². The first kappa shape index (κ1) is 15.3. The van der Waals surface area contributed by atoms with E-state index in [2.05, 4.69) is 10.4 Å². The summed E-state index contributed by atoms with van der Waals surface area (Å²) in [4.78, 5) is 12.0. The highest BCUT2D eigenvalue weighted by molar-refractivity contribution is 6.33. The van der Waals surface area contributed by atoms with Gasteiger partial charge in [-0.25, -0.2) is 4.39 Å². The lowest BCUT2D eigenvalue weighted by Gasteiger charge is -2.07. The van der Waals surface area contributed by atoms with E-state index in [1.807, 2.05) is 0 Å². The normalized spacial score (nSPS) is 10.5. The molecule has 0 spiro atoms. The number of nitrogens with one attached hydrogen (secondary N) is 1. The van der Waals surface area contributed by atoms with Gasteiger partial charge in [0.25, 0.3) is 5.91 Å². The summed E-state index contributed by atoms with van der Waals surface area (Å²) in [5.74, 6) is -0.0770. The van der Waals surface area contributed by atoms with Gasteiger partial charge in [0.1, 0.15) is 23.3 Å². The number of aromatic nitrogens is 2. The number of amides is 1. The Bertz CT molecular complexity index is 640. The average molecular weight is 312 g/mol. The molecule has 0 aliphatic rings. The maximum absolute atomic E-state index is 12.7. The summed E-state index contributed by atoms with van der Waals surface area (Å²) < 4.78 is 19.5. The molecule has 1 aromatic heterocycles. The van der Waals surface area contributed by atoms with Crippen molar-refractivity contribution in [1.82, 2.24) is 15.1 Å². The molecule has 0 saturated heterocycles. The van der Waals surface area contributed by atoms with Crippen molar-refractivity contribution >= 4 is 17.5 Å². The van der Waals surface area contributed by atoms with Crippen LogP contribution in [-0.2, 0) is 7.05 Å². The minimum atomic E-state index is -0.322. The van der Waals surface area contributed by atoms with Crippen molar-refractivity contribution in [3.63, 3.8) is 0 Å². The maximum Gasteiger partial charge on any atom is 0.256 e. The van der Waals surface area contributed by atoms with Crippen LogP contribution in [0.1, 0.15) is 16.1 Å². The Morgan fingerprint density at radius 2 is 2.10 bits per heavy atom. The number of halogens is 2. The van der Waals surface area contributed by atoms with Crippen molar-refractivity contribution < 1.29 is 13.9 Å². The van der Waals surface area contributed by atoms with Crippen molar-refractivity contribution in [1.29, 1.82) is 0 Å². The molecular weight excluding hydrogens is 297 g/mol. The lowest BCUT2D eigenvalue weighted by atomic mass is 10.2. The molecule has 0 aliphatic heterocycles. The van der Waals surface area contributed by atoms with Crippen LogP contribution < -0.4 is 10.1 Å². The van der Waals surface area contributed by atoms with E-state index in [4.69, 9.17) is 16.3 Å². The van der Waals surface area contributed by atoms with Gasteiger partial charge in [0.15, 0.2) is 0 Å². The number of nitrogens with zero attached hydrogens (tertiary/aromatic N) is 2. The highest BCUT2D eigenvalue weighted by Crippen LogP contribution is 2.18. The Balaban J connectivity index is 1.83. The molecule has 0 aliphatic carbocycles. The summed E-state index contributed by atoms with van der Waals surface area (Å²) in [6.07, 6.45) is 0. The highest BCUT2D eigenvalue weighted by Gasteiger charge is 2.18. The van der Waals surface area contributed by atoms with Crippen molar-refractivity contribution in [3.8, 4) is 5.75 Å². The molecule has 21 heavy (non-hydrogen) atoms. The molecule has 1 amide bonds. The predicted octanol–water partition coefficient (Wildman–Crippen LogP) is 2.33. The van der Waals surface area contributed by atoms with Gasteiger partial charge in [-0.3, -0.25) is 9.48 Å². The van der Waals surface area contributed by atoms with E-state index in [1.165, 1.54) is 28.9 Å². The second-order valence-corrected chi connectivity index (χ2v) is 4.79. The molecule has 112 valence electrons. The Labute approximate surface area is 126 Å². The largest absolute Gasteiger partial charge is 0.492 e. The van der Waals surface area contributed by atoms with Gasteiger partial charge in [0.05, 0.1) is 17.8 Å². The van der Waals surface area contributed by atoms with Gasteiger partial charge < -0.3 is 10.1 Å². The van der Waals surface area contributed by atoms with Crippen LogP contribution in [0.25, 0.3) is 0 Å². The van der Waals surface area contributed by atoms with E-state index in [0.29, 0.717) is 28.7 Å². The summed E-state index contributed by atoms with van der Waals surface area (Å²) in [6, 6.07) is 5.68. The van der Waals surface area contributed by atoms with Crippen molar-refractivity contribution in [3.05, 3.63) is 46.5 Å². The number of hydrogen-bond donors (Lipinski definition) is 1. The second kappa shape index (κ2) is 6.58. The molecule has 1 N–H and O–H groups in total. The summed E-state index contributed by atoms with van der Waals surface area (Å²) in [6.45, 7) is 2.30. The second-order valence-electron chi connectivity index (χ2n) is 4.43. The standard InChI is InChI=1S/C14H15ClFN3O2/c1-9-12(13(15)19(2)18-9)14(20)17-7-8-21-11-5-3-10(16)4-6-11/h3-6H,7-8H2,1-2H3,(H,17,20). The third-order valence-corrected chi connectivity index (χ3v) is 3.28. The SMILES string of the molecule is Cc1nn(C)c(Cl)c1C(=O)NCCOc1ccc(F)cc1. The Morgan fingerprint density at radius 3 is 2.67 bits per heavy atom. The number of rotatable bonds is 5. The number of aryl methyl sites for hydroxylation is 2. The minimum Gasteiger partial charge on any atom is -0.492 e. The van der Waals surface area contributed by atoms with Gasteiger partial charge in [-0.05, 0) is 31.2 Å². The maximum atomic E-state index is 12.7. The first-order valence-electron chi connectivity index (χ1n) is 6.34. The molecule has 7 heteroatoms. The van der Waals surface area contributed by atoms with Crippen LogP contribution in [0, 0.1) is 12.7 Å². The molecule has 0 fully saturated rings. The van der Waals surface area contributed by atoms with Crippen LogP contribution in [0.2, 0.25) is 5.15 Å². The van der Waals surface area contributed by atoms with Crippen LogP contribution in [0.5, 0.6) is 5.75 Å². The average Bonchev–Trinajstić information content (AvgIpc) is 2.70. The first-order valence-corrected chi connectivity index (χ1v) is 6.72. The van der Waals surface area contributed by atoms with Crippen LogP contribution >= 0.6 is 11.6 Å².